The number of fused-ring (bicyclic) bond motifs is 2. The van der Waals surface area contributed by atoms with E-state index in [1.807, 2.05) is 24.3 Å². The average Bonchev–Trinajstić information content (AvgIpc) is 2.91. The van der Waals surface area contributed by atoms with E-state index in [0.717, 1.165) is 5.56 Å². The fourth-order valence-corrected chi connectivity index (χ4v) is 4.33. The topological polar surface area (TPSA) is 81.4 Å². The molecule has 2 aromatic carbocycles. The van der Waals surface area contributed by atoms with Crippen LogP contribution < -0.4 is 4.90 Å². The van der Waals surface area contributed by atoms with Crippen LogP contribution in [0.5, 0.6) is 0 Å². The van der Waals surface area contributed by atoms with Crippen molar-refractivity contribution in [2.75, 3.05) is 11.4 Å². The zero-order chi connectivity index (χ0) is 19.0. The molecule has 4 rings (SSSR count). The molecule has 1 aliphatic heterocycles. The van der Waals surface area contributed by atoms with Crippen LogP contribution in [-0.2, 0) is 16.8 Å². The Kier molecular flexibility index (Phi) is 4.29. The van der Waals surface area contributed by atoms with Crippen LogP contribution in [0.2, 0.25) is 0 Å². The first-order valence-electron chi connectivity index (χ1n) is 9.22. The Hall–Kier alpha value is -2.97. The minimum absolute atomic E-state index is 0.179. The summed E-state index contributed by atoms with van der Waals surface area (Å²) in [4.78, 5) is 28.0. The predicted octanol–water partition coefficient (Wildman–Crippen LogP) is 2.97. The molecule has 0 saturated carbocycles. The van der Waals surface area contributed by atoms with E-state index in [1.165, 1.54) is 4.90 Å². The zero-order valence-corrected chi connectivity index (χ0v) is 14.9. The number of amides is 1. The van der Waals surface area contributed by atoms with Gasteiger partial charge in [0.2, 0.25) is 0 Å². The number of hydrogen-bond acceptors (Lipinski definition) is 4. The van der Waals surface area contributed by atoms with E-state index in [0.29, 0.717) is 49.0 Å². The molecule has 27 heavy (non-hydrogen) atoms. The summed E-state index contributed by atoms with van der Waals surface area (Å²) < 4.78 is 0. The van der Waals surface area contributed by atoms with Crippen LogP contribution >= 0.6 is 0 Å². The molecule has 5 heteroatoms. The lowest BCUT2D eigenvalue weighted by Crippen LogP contribution is -2.49. The zero-order valence-electron chi connectivity index (χ0n) is 14.9. The number of aryl methyl sites for hydroxylation is 1. The van der Waals surface area contributed by atoms with Crippen molar-refractivity contribution in [2.45, 2.75) is 31.3 Å². The van der Waals surface area contributed by atoms with Gasteiger partial charge < -0.3 is 10.0 Å². The van der Waals surface area contributed by atoms with E-state index in [1.54, 1.807) is 24.3 Å². The van der Waals surface area contributed by atoms with Gasteiger partial charge in [-0.3, -0.25) is 9.59 Å². The van der Waals surface area contributed by atoms with E-state index >= 15 is 0 Å². The Balaban J connectivity index is 1.75. The molecule has 0 fully saturated rings. The summed E-state index contributed by atoms with van der Waals surface area (Å²) in [5.41, 5.74) is 0.829. The standard InChI is InChI=1S/C22H20N2O3/c23-13-5-6-14-24-19-10-4-3-9-17(19)22(27,21(24)26)18-12-11-15-7-1-2-8-16(15)20(18)25/h1-4,7-10,18,27H,5-6,11-12,14H2/t18-,22+/m1/s1. The van der Waals surface area contributed by atoms with Crippen molar-refractivity contribution in [1.29, 1.82) is 5.26 Å². The van der Waals surface area contributed by atoms with Gasteiger partial charge in [-0.1, -0.05) is 42.5 Å². The van der Waals surface area contributed by atoms with Gasteiger partial charge in [0.1, 0.15) is 0 Å². The van der Waals surface area contributed by atoms with Crippen molar-refractivity contribution >= 4 is 17.4 Å². The van der Waals surface area contributed by atoms with E-state index in [-0.39, 0.29) is 5.78 Å². The Morgan fingerprint density at radius 1 is 1.15 bits per heavy atom. The number of Topliss-reactive ketones (excluding diaryl/α,β-unsaturated/α-hetero) is 1. The molecule has 0 radical (unpaired) electrons. The lowest BCUT2D eigenvalue weighted by molar-refractivity contribution is -0.140. The maximum Gasteiger partial charge on any atom is 0.264 e. The molecule has 0 unspecified atom stereocenters. The largest absolute Gasteiger partial charge is 0.375 e. The summed E-state index contributed by atoms with van der Waals surface area (Å²) in [6.45, 7) is 0.350. The van der Waals surface area contributed by atoms with E-state index in [2.05, 4.69) is 6.07 Å². The number of hydrogen-bond donors (Lipinski definition) is 1. The predicted molar refractivity (Wildman–Crippen MR) is 100 cm³/mol. The van der Waals surface area contributed by atoms with Gasteiger partial charge >= 0.3 is 0 Å². The van der Waals surface area contributed by atoms with Crippen LogP contribution in [0.25, 0.3) is 0 Å². The highest BCUT2D eigenvalue weighted by atomic mass is 16.3. The molecule has 0 spiro atoms. The summed E-state index contributed by atoms with van der Waals surface area (Å²) in [7, 11) is 0. The molecule has 0 aromatic heterocycles. The number of benzene rings is 2. The fourth-order valence-electron chi connectivity index (χ4n) is 4.33. The van der Waals surface area contributed by atoms with Crippen LogP contribution in [0.1, 0.15) is 40.7 Å². The molecule has 1 aliphatic carbocycles. The Bertz CT molecular complexity index is 962. The molecule has 2 aromatic rings. The second-order valence-electron chi connectivity index (χ2n) is 7.11. The molecular formula is C22H20N2O3. The van der Waals surface area contributed by atoms with Gasteiger partial charge in [-0.25, -0.2) is 0 Å². The first kappa shape index (κ1) is 17.4. The number of para-hydroxylation sites is 1. The van der Waals surface area contributed by atoms with Gasteiger partial charge in [0, 0.05) is 24.1 Å². The average molecular weight is 360 g/mol. The molecule has 0 saturated heterocycles. The third-order valence-corrected chi connectivity index (χ3v) is 5.65. The molecule has 1 heterocycles. The minimum Gasteiger partial charge on any atom is -0.375 e. The normalized spacial score (nSPS) is 23.7. The number of rotatable bonds is 4. The van der Waals surface area contributed by atoms with Gasteiger partial charge in [-0.05, 0) is 30.9 Å². The SMILES string of the molecule is N#CCCCN1C(=O)[C@@](O)([C@@H]2CCc3ccccc3C2=O)c2ccccc21. The summed E-state index contributed by atoms with van der Waals surface area (Å²) in [5, 5.41) is 20.4. The van der Waals surface area contributed by atoms with Crippen LogP contribution in [0.4, 0.5) is 5.69 Å². The molecule has 1 amide bonds. The van der Waals surface area contributed by atoms with Crippen molar-refractivity contribution in [2.24, 2.45) is 5.92 Å². The molecule has 136 valence electrons. The molecule has 0 bridgehead atoms. The molecule has 2 aliphatic rings. The van der Waals surface area contributed by atoms with E-state index < -0.39 is 17.4 Å². The number of nitriles is 1. The van der Waals surface area contributed by atoms with Crippen molar-refractivity contribution in [3.05, 3.63) is 65.2 Å². The second kappa shape index (κ2) is 6.64. The third-order valence-electron chi connectivity index (χ3n) is 5.65. The summed E-state index contributed by atoms with van der Waals surface area (Å²) >= 11 is 0. The van der Waals surface area contributed by atoms with Crippen LogP contribution in [-0.4, -0.2) is 23.3 Å². The van der Waals surface area contributed by atoms with Crippen LogP contribution in [0.15, 0.2) is 48.5 Å². The molecular weight excluding hydrogens is 340 g/mol. The Morgan fingerprint density at radius 3 is 2.70 bits per heavy atom. The number of carbonyl (C=O) groups is 2. The monoisotopic (exact) mass is 360 g/mol. The summed E-state index contributed by atoms with van der Waals surface area (Å²) in [6.07, 6.45) is 1.94. The molecule has 2 atom stereocenters. The first-order valence-corrected chi connectivity index (χ1v) is 9.22. The van der Waals surface area contributed by atoms with Crippen molar-refractivity contribution in [3.8, 4) is 6.07 Å². The third kappa shape index (κ3) is 2.56. The Labute approximate surface area is 157 Å². The smallest absolute Gasteiger partial charge is 0.264 e. The highest BCUT2D eigenvalue weighted by Crippen LogP contribution is 2.48. The second-order valence-corrected chi connectivity index (χ2v) is 7.11. The number of aliphatic hydroxyl groups is 1. The summed E-state index contributed by atoms with van der Waals surface area (Å²) in [5.74, 6) is -1.44. The fraction of sp³-hybridized carbons (Fsp3) is 0.318. The van der Waals surface area contributed by atoms with Crippen LogP contribution in [0, 0.1) is 17.2 Å². The van der Waals surface area contributed by atoms with Crippen LogP contribution in [0.3, 0.4) is 0 Å². The van der Waals surface area contributed by atoms with Gasteiger partial charge in [-0.2, -0.15) is 5.26 Å². The lowest BCUT2D eigenvalue weighted by atomic mass is 9.71. The first-order chi connectivity index (χ1) is 13.1. The number of nitrogens with zero attached hydrogens (tertiary/aromatic N) is 2. The maximum atomic E-state index is 13.3. The number of ketones is 1. The van der Waals surface area contributed by atoms with Crippen molar-refractivity contribution in [1.82, 2.24) is 0 Å². The van der Waals surface area contributed by atoms with Crippen molar-refractivity contribution < 1.29 is 14.7 Å². The van der Waals surface area contributed by atoms with Gasteiger partial charge in [0.15, 0.2) is 11.4 Å². The number of anilines is 1. The Morgan fingerprint density at radius 2 is 1.89 bits per heavy atom. The lowest BCUT2D eigenvalue weighted by Gasteiger charge is -2.34. The summed E-state index contributed by atoms with van der Waals surface area (Å²) in [6, 6.07) is 16.6. The van der Waals surface area contributed by atoms with E-state index in [9.17, 15) is 14.7 Å². The number of unbranched alkanes of at least 4 members (excludes halogenated alkanes) is 1. The van der Waals surface area contributed by atoms with E-state index in [4.69, 9.17) is 5.26 Å². The van der Waals surface area contributed by atoms with Crippen molar-refractivity contribution in [3.63, 3.8) is 0 Å². The molecule has 1 N–H and O–H groups in total. The highest BCUT2D eigenvalue weighted by molar-refractivity contribution is 6.12. The van der Waals surface area contributed by atoms with Gasteiger partial charge in [0.05, 0.1) is 17.7 Å². The van der Waals surface area contributed by atoms with Gasteiger partial charge in [-0.15, -0.1) is 0 Å². The van der Waals surface area contributed by atoms with Gasteiger partial charge in [0.25, 0.3) is 5.91 Å². The maximum absolute atomic E-state index is 13.3. The number of carbonyl (C=O) groups excluding carboxylic acids is 2. The highest BCUT2D eigenvalue weighted by Gasteiger charge is 2.57. The quantitative estimate of drug-likeness (QED) is 0.850. The minimum atomic E-state index is -1.85. The molecule has 5 nitrogen and oxygen atoms in total.